The van der Waals surface area contributed by atoms with Crippen LogP contribution in [0.25, 0.3) is 22.5 Å². The molecule has 35 heavy (non-hydrogen) atoms. The van der Waals surface area contributed by atoms with E-state index in [-0.39, 0.29) is 11.9 Å². The lowest BCUT2D eigenvalue weighted by Crippen LogP contribution is -2.36. The Morgan fingerprint density at radius 3 is 2.69 bits per heavy atom. The summed E-state index contributed by atoms with van der Waals surface area (Å²) >= 11 is 8.04. The summed E-state index contributed by atoms with van der Waals surface area (Å²) in [4.78, 5) is 25.7. The molecule has 1 aromatic carbocycles. The molecular weight excluding hydrogens is 480 g/mol. The van der Waals surface area contributed by atoms with Crippen LogP contribution in [0.1, 0.15) is 53.9 Å². The zero-order chi connectivity index (χ0) is 24.8. The number of halogens is 1. The van der Waals surface area contributed by atoms with Crippen molar-refractivity contribution in [2.45, 2.75) is 51.5 Å². The number of aryl methyl sites for hydroxylation is 1. The number of pyridine rings is 1. The molecule has 1 aliphatic carbocycles. The summed E-state index contributed by atoms with van der Waals surface area (Å²) in [6.07, 6.45) is 6.51. The second-order valence-corrected chi connectivity index (χ2v) is 10.8. The van der Waals surface area contributed by atoms with E-state index in [0.717, 1.165) is 60.3 Å². The van der Waals surface area contributed by atoms with Gasteiger partial charge in [-0.25, -0.2) is 9.97 Å². The summed E-state index contributed by atoms with van der Waals surface area (Å²) in [5.41, 5.74) is 5.54. The molecule has 2 heterocycles. The minimum absolute atomic E-state index is 0.131. The minimum Gasteiger partial charge on any atom is -0.492 e. The number of benzene rings is 1. The van der Waals surface area contributed by atoms with Gasteiger partial charge in [0.25, 0.3) is 5.91 Å². The Bertz CT molecular complexity index is 1160. The third-order valence-corrected chi connectivity index (χ3v) is 7.35. The summed E-state index contributed by atoms with van der Waals surface area (Å²) in [7, 11) is 4.08. The van der Waals surface area contributed by atoms with E-state index in [0.29, 0.717) is 28.8 Å². The summed E-state index contributed by atoms with van der Waals surface area (Å²) in [6, 6.07) is 9.63. The monoisotopic (exact) mass is 512 g/mol. The van der Waals surface area contributed by atoms with E-state index >= 15 is 0 Å². The van der Waals surface area contributed by atoms with Crippen LogP contribution in [0.3, 0.4) is 0 Å². The Kier molecular flexibility index (Phi) is 8.76. The van der Waals surface area contributed by atoms with Gasteiger partial charge in [0.15, 0.2) is 0 Å². The molecule has 0 saturated heterocycles. The van der Waals surface area contributed by atoms with Gasteiger partial charge in [0.1, 0.15) is 11.4 Å². The number of hydrogen-bond acceptors (Lipinski definition) is 6. The Balaban J connectivity index is 1.66. The molecule has 1 aliphatic rings. The van der Waals surface area contributed by atoms with Crippen molar-refractivity contribution in [2.75, 3.05) is 27.2 Å². The van der Waals surface area contributed by atoms with Crippen molar-refractivity contribution < 1.29 is 9.53 Å². The number of aromatic nitrogens is 2. The highest BCUT2D eigenvalue weighted by Gasteiger charge is 2.21. The molecule has 0 bridgehead atoms. The molecule has 0 spiro atoms. The lowest BCUT2D eigenvalue weighted by Gasteiger charge is -2.22. The molecule has 3 aromatic rings. The second-order valence-electron chi connectivity index (χ2n) is 9.31. The van der Waals surface area contributed by atoms with Gasteiger partial charge in [0.05, 0.1) is 28.5 Å². The topological polar surface area (TPSA) is 67.3 Å². The lowest BCUT2D eigenvalue weighted by atomic mass is 9.95. The number of nitrogens with zero attached hydrogens (tertiary/aromatic N) is 3. The van der Waals surface area contributed by atoms with Crippen molar-refractivity contribution in [3.63, 3.8) is 0 Å². The maximum atomic E-state index is 13.1. The molecule has 1 amide bonds. The van der Waals surface area contributed by atoms with Gasteiger partial charge in [-0.05, 0) is 64.5 Å². The van der Waals surface area contributed by atoms with Gasteiger partial charge >= 0.3 is 0 Å². The summed E-state index contributed by atoms with van der Waals surface area (Å²) < 4.78 is 6.00. The maximum absolute atomic E-state index is 13.1. The Morgan fingerprint density at radius 2 is 1.97 bits per heavy atom. The second kappa shape index (κ2) is 12.0. The molecule has 1 N–H and O–H groups in total. The molecule has 186 valence electrons. The molecule has 0 radical (unpaired) electrons. The van der Waals surface area contributed by atoms with E-state index in [4.69, 9.17) is 21.3 Å². The van der Waals surface area contributed by atoms with Crippen LogP contribution in [0.2, 0.25) is 5.02 Å². The van der Waals surface area contributed by atoms with Gasteiger partial charge in [0, 0.05) is 28.6 Å². The molecule has 0 aliphatic heterocycles. The molecule has 0 atom stereocenters. The smallest absolute Gasteiger partial charge is 0.270 e. The highest BCUT2D eigenvalue weighted by molar-refractivity contribution is 7.10. The molecule has 1 fully saturated rings. The van der Waals surface area contributed by atoms with E-state index < -0.39 is 0 Å². The molecule has 2 aromatic heterocycles. The lowest BCUT2D eigenvalue weighted by molar-refractivity contribution is 0.0923. The first-order valence-corrected chi connectivity index (χ1v) is 13.5. The van der Waals surface area contributed by atoms with Crippen molar-refractivity contribution >= 4 is 28.8 Å². The normalized spacial score (nSPS) is 14.3. The van der Waals surface area contributed by atoms with Gasteiger partial charge in [-0.2, -0.15) is 0 Å². The largest absolute Gasteiger partial charge is 0.492 e. The van der Waals surface area contributed by atoms with Crippen LogP contribution in [0, 0.1) is 6.92 Å². The van der Waals surface area contributed by atoms with Gasteiger partial charge < -0.3 is 15.0 Å². The number of hydrogen-bond donors (Lipinski definition) is 1. The van der Waals surface area contributed by atoms with Gasteiger partial charge in [0.2, 0.25) is 0 Å². The zero-order valence-electron chi connectivity index (χ0n) is 20.6. The molecule has 6 nitrogen and oxygen atoms in total. The standard InChI is InChI=1S/C27H33ClN4O2S/c1-18-25(29-17-35-18)21-11-13-23(27(33)30-20-8-5-4-6-9-20)31-26(21)19-10-12-22(28)24(16-19)34-15-7-14-32(2)3/h10-13,16-17,20H,4-9,14-15H2,1-3H3,(H,30,33). The van der Waals surface area contributed by atoms with Crippen molar-refractivity contribution in [1.82, 2.24) is 20.2 Å². The van der Waals surface area contributed by atoms with Gasteiger partial charge in [-0.1, -0.05) is 36.9 Å². The van der Waals surface area contributed by atoms with Crippen LogP contribution in [0.15, 0.2) is 35.8 Å². The van der Waals surface area contributed by atoms with E-state index in [9.17, 15) is 4.79 Å². The molecule has 1 saturated carbocycles. The van der Waals surface area contributed by atoms with Crippen LogP contribution in [-0.2, 0) is 0 Å². The predicted octanol–water partition coefficient (Wildman–Crippen LogP) is 6.23. The highest BCUT2D eigenvalue weighted by atomic mass is 35.5. The number of amides is 1. The molecule has 8 heteroatoms. The number of carbonyl (C=O) groups is 1. The van der Waals surface area contributed by atoms with Crippen LogP contribution >= 0.6 is 22.9 Å². The summed E-state index contributed by atoms with van der Waals surface area (Å²) in [5.74, 6) is 0.483. The molecular formula is C27H33ClN4O2S. The number of thiazole rings is 1. The van der Waals surface area contributed by atoms with Crippen molar-refractivity contribution in [2.24, 2.45) is 0 Å². The van der Waals surface area contributed by atoms with Crippen molar-refractivity contribution in [3.05, 3.63) is 51.4 Å². The Labute approximate surface area is 216 Å². The highest BCUT2D eigenvalue weighted by Crippen LogP contribution is 2.36. The van der Waals surface area contributed by atoms with E-state index in [2.05, 4.69) is 15.2 Å². The third kappa shape index (κ3) is 6.60. The van der Waals surface area contributed by atoms with Crippen molar-refractivity contribution in [3.8, 4) is 28.3 Å². The SMILES string of the molecule is Cc1scnc1-c1ccc(C(=O)NC2CCCCC2)nc1-c1ccc(Cl)c(OCCCN(C)C)c1. The maximum Gasteiger partial charge on any atom is 0.270 e. The Morgan fingerprint density at radius 1 is 1.17 bits per heavy atom. The van der Waals surface area contributed by atoms with Crippen LogP contribution < -0.4 is 10.1 Å². The van der Waals surface area contributed by atoms with E-state index in [1.165, 1.54) is 6.42 Å². The first-order valence-electron chi connectivity index (χ1n) is 12.2. The average molecular weight is 513 g/mol. The van der Waals surface area contributed by atoms with E-state index in [1.807, 2.05) is 50.8 Å². The van der Waals surface area contributed by atoms with Crippen LogP contribution in [0.5, 0.6) is 5.75 Å². The number of ether oxygens (including phenoxy) is 1. The summed E-state index contributed by atoms with van der Waals surface area (Å²) in [6.45, 7) is 3.54. The van der Waals surface area contributed by atoms with Crippen LogP contribution in [0.4, 0.5) is 0 Å². The Hall–Kier alpha value is -2.48. The predicted molar refractivity (Wildman–Crippen MR) is 144 cm³/mol. The number of rotatable bonds is 9. The summed E-state index contributed by atoms with van der Waals surface area (Å²) in [5, 5.41) is 3.73. The quantitative estimate of drug-likeness (QED) is 0.344. The number of nitrogens with one attached hydrogen (secondary N) is 1. The van der Waals surface area contributed by atoms with E-state index in [1.54, 1.807) is 17.4 Å². The fraction of sp³-hybridized carbons (Fsp3) is 0.444. The zero-order valence-corrected chi connectivity index (χ0v) is 22.2. The van der Waals surface area contributed by atoms with Crippen LogP contribution in [-0.4, -0.2) is 54.1 Å². The first kappa shape index (κ1) is 25.6. The third-order valence-electron chi connectivity index (χ3n) is 6.28. The number of carbonyl (C=O) groups excluding carboxylic acids is 1. The fourth-order valence-corrected chi connectivity index (χ4v) is 5.15. The molecule has 0 unspecified atom stereocenters. The average Bonchev–Trinajstić information content (AvgIpc) is 3.28. The minimum atomic E-state index is -0.131. The first-order chi connectivity index (χ1) is 16.9. The van der Waals surface area contributed by atoms with Gasteiger partial charge in [-0.15, -0.1) is 11.3 Å². The fourth-order valence-electron chi connectivity index (χ4n) is 4.39. The van der Waals surface area contributed by atoms with Crippen molar-refractivity contribution in [1.29, 1.82) is 0 Å². The molecule has 4 rings (SSSR count). The van der Waals surface area contributed by atoms with Gasteiger partial charge in [-0.3, -0.25) is 4.79 Å².